The van der Waals surface area contributed by atoms with Crippen molar-refractivity contribution in [2.24, 2.45) is 0 Å². The van der Waals surface area contributed by atoms with Crippen LogP contribution in [0.4, 0.5) is 0 Å². The lowest BCUT2D eigenvalue weighted by atomic mass is 10.1. The van der Waals surface area contributed by atoms with Crippen LogP contribution in [-0.4, -0.2) is 5.11 Å². The molecule has 0 aromatic heterocycles. The van der Waals surface area contributed by atoms with Crippen molar-refractivity contribution in [3.8, 4) is 5.75 Å². The zero-order valence-corrected chi connectivity index (χ0v) is 7.01. The van der Waals surface area contributed by atoms with E-state index in [9.17, 15) is 5.11 Å². The lowest BCUT2D eigenvalue weighted by Crippen LogP contribution is -1.82. The Morgan fingerprint density at radius 1 is 1.45 bits per heavy atom. The van der Waals surface area contributed by atoms with Crippen molar-refractivity contribution in [1.29, 1.82) is 0 Å². The Balaban J connectivity index is 2.57. The summed E-state index contributed by atoms with van der Waals surface area (Å²) in [7, 11) is 0. The van der Waals surface area contributed by atoms with E-state index in [1.165, 1.54) is 5.56 Å². The third kappa shape index (κ3) is 1.02. The molecule has 58 valence electrons. The molecule has 1 nitrogen and oxygen atoms in total. The zero-order chi connectivity index (χ0) is 7.84. The summed E-state index contributed by atoms with van der Waals surface area (Å²) in [6.45, 7) is 0. The summed E-state index contributed by atoms with van der Waals surface area (Å²) in [5.41, 5.74) is 2.29. The topological polar surface area (TPSA) is 20.2 Å². The van der Waals surface area contributed by atoms with E-state index < -0.39 is 0 Å². The molecule has 11 heavy (non-hydrogen) atoms. The van der Waals surface area contributed by atoms with Crippen LogP contribution in [0.25, 0.3) is 0 Å². The predicted octanol–water partition coefficient (Wildman–Crippen LogP) is 2.31. The fourth-order valence-electron chi connectivity index (χ4n) is 1.61. The fourth-order valence-corrected chi connectivity index (χ4v) is 1.98. The average molecular weight is 166 g/mol. The van der Waals surface area contributed by atoms with Crippen LogP contribution in [0, 0.1) is 0 Å². The normalized spacial score (nSPS) is 21.7. The number of aromatic hydroxyl groups is 1. The van der Waals surface area contributed by atoms with E-state index in [1.807, 2.05) is 12.1 Å². The molecule has 0 radical (unpaired) electrons. The Bertz CT molecular complexity index is 283. The Labute approximate surface area is 71.5 Å². The Hall–Kier alpha value is -0.630. The summed E-state index contributed by atoms with van der Waals surface area (Å²) in [6.07, 6.45) is 2.02. The van der Waals surface area contributed by atoms with Crippen LogP contribution in [-0.2, 0) is 6.42 Å². The lowest BCUT2D eigenvalue weighted by molar-refractivity contribution is 0.469. The minimum atomic E-state index is 0.331. The Kier molecular flexibility index (Phi) is 1.57. The summed E-state index contributed by atoms with van der Waals surface area (Å²) in [4.78, 5) is 0. The van der Waals surface area contributed by atoms with E-state index in [1.54, 1.807) is 6.07 Å². The van der Waals surface area contributed by atoms with Gasteiger partial charge in [0, 0.05) is 5.25 Å². The minimum absolute atomic E-state index is 0.331. The Morgan fingerprint density at radius 3 is 3.00 bits per heavy atom. The SMILES string of the molecule is Oc1cccc2c1CCC2S. The van der Waals surface area contributed by atoms with E-state index in [0.717, 1.165) is 18.4 Å². The molecule has 2 heteroatoms. The number of phenolic OH excluding ortho intramolecular Hbond substituents is 1. The van der Waals surface area contributed by atoms with Gasteiger partial charge in [-0.2, -0.15) is 12.6 Å². The van der Waals surface area contributed by atoms with Gasteiger partial charge in [-0.1, -0.05) is 12.1 Å². The number of fused-ring (bicyclic) bond motifs is 1. The van der Waals surface area contributed by atoms with Crippen molar-refractivity contribution in [2.75, 3.05) is 0 Å². The number of rotatable bonds is 0. The van der Waals surface area contributed by atoms with Crippen LogP contribution in [0.3, 0.4) is 0 Å². The van der Waals surface area contributed by atoms with Crippen molar-refractivity contribution in [3.63, 3.8) is 0 Å². The first-order chi connectivity index (χ1) is 5.29. The molecule has 1 atom stereocenters. The highest BCUT2D eigenvalue weighted by Crippen LogP contribution is 2.39. The smallest absolute Gasteiger partial charge is 0.119 e. The van der Waals surface area contributed by atoms with Crippen molar-refractivity contribution in [3.05, 3.63) is 29.3 Å². The summed E-state index contributed by atoms with van der Waals surface area (Å²) >= 11 is 4.41. The van der Waals surface area contributed by atoms with Gasteiger partial charge in [0.2, 0.25) is 0 Å². The first kappa shape index (κ1) is 7.04. The first-order valence-electron chi connectivity index (χ1n) is 3.78. The van der Waals surface area contributed by atoms with Crippen LogP contribution < -0.4 is 0 Å². The minimum Gasteiger partial charge on any atom is -0.508 e. The molecular formula is C9H10OS. The van der Waals surface area contributed by atoms with Crippen molar-refractivity contribution in [2.45, 2.75) is 18.1 Å². The quantitative estimate of drug-likeness (QED) is 0.567. The van der Waals surface area contributed by atoms with Crippen molar-refractivity contribution >= 4 is 12.6 Å². The van der Waals surface area contributed by atoms with Crippen LogP contribution in [0.1, 0.15) is 22.8 Å². The highest BCUT2D eigenvalue weighted by molar-refractivity contribution is 7.80. The number of benzene rings is 1. The van der Waals surface area contributed by atoms with Crippen LogP contribution in [0.5, 0.6) is 5.75 Å². The van der Waals surface area contributed by atoms with Gasteiger partial charge in [-0.15, -0.1) is 0 Å². The summed E-state index contributed by atoms with van der Waals surface area (Å²) in [5.74, 6) is 0.430. The van der Waals surface area contributed by atoms with Gasteiger partial charge >= 0.3 is 0 Å². The third-order valence-corrected chi connectivity index (χ3v) is 2.75. The van der Waals surface area contributed by atoms with E-state index in [2.05, 4.69) is 12.6 Å². The number of thiol groups is 1. The zero-order valence-electron chi connectivity index (χ0n) is 6.12. The number of phenols is 1. The van der Waals surface area contributed by atoms with Gasteiger partial charge in [0.05, 0.1) is 0 Å². The van der Waals surface area contributed by atoms with Gasteiger partial charge < -0.3 is 5.11 Å². The molecule has 0 amide bonds. The highest BCUT2D eigenvalue weighted by Gasteiger charge is 2.20. The predicted molar refractivity (Wildman–Crippen MR) is 48.2 cm³/mol. The molecule has 1 aliphatic rings. The summed E-state index contributed by atoms with van der Waals surface area (Å²) in [5, 5.41) is 9.75. The molecule has 0 saturated heterocycles. The number of hydrogen-bond donors (Lipinski definition) is 2. The molecule has 2 rings (SSSR count). The van der Waals surface area contributed by atoms with Gasteiger partial charge in [-0.05, 0) is 30.0 Å². The van der Waals surface area contributed by atoms with Crippen LogP contribution >= 0.6 is 12.6 Å². The maximum Gasteiger partial charge on any atom is 0.119 e. The van der Waals surface area contributed by atoms with Gasteiger partial charge in [0.25, 0.3) is 0 Å². The van der Waals surface area contributed by atoms with E-state index in [-0.39, 0.29) is 0 Å². The molecule has 0 aliphatic heterocycles. The molecule has 1 aromatic carbocycles. The van der Waals surface area contributed by atoms with Crippen molar-refractivity contribution < 1.29 is 5.11 Å². The molecule has 1 N–H and O–H groups in total. The second-order valence-electron chi connectivity index (χ2n) is 2.90. The molecule has 1 aliphatic carbocycles. The Morgan fingerprint density at radius 2 is 2.27 bits per heavy atom. The van der Waals surface area contributed by atoms with Crippen LogP contribution in [0.2, 0.25) is 0 Å². The van der Waals surface area contributed by atoms with Crippen molar-refractivity contribution in [1.82, 2.24) is 0 Å². The van der Waals surface area contributed by atoms with E-state index >= 15 is 0 Å². The molecule has 0 bridgehead atoms. The second kappa shape index (κ2) is 2.45. The molecule has 1 aromatic rings. The standard InChI is InChI=1S/C9H10OS/c10-8-3-1-2-7-6(8)4-5-9(7)11/h1-3,9-11H,4-5H2. The van der Waals surface area contributed by atoms with Gasteiger partial charge in [-0.3, -0.25) is 0 Å². The highest BCUT2D eigenvalue weighted by atomic mass is 32.1. The fraction of sp³-hybridized carbons (Fsp3) is 0.333. The van der Waals surface area contributed by atoms with Gasteiger partial charge in [-0.25, -0.2) is 0 Å². The van der Waals surface area contributed by atoms with E-state index in [0.29, 0.717) is 11.0 Å². The monoisotopic (exact) mass is 166 g/mol. The number of hydrogen-bond acceptors (Lipinski definition) is 2. The molecule has 0 saturated carbocycles. The summed E-state index contributed by atoms with van der Waals surface area (Å²) in [6, 6.07) is 5.66. The van der Waals surface area contributed by atoms with Gasteiger partial charge in [0.15, 0.2) is 0 Å². The molecule has 0 spiro atoms. The second-order valence-corrected chi connectivity index (χ2v) is 3.52. The van der Waals surface area contributed by atoms with E-state index in [4.69, 9.17) is 0 Å². The largest absolute Gasteiger partial charge is 0.508 e. The van der Waals surface area contributed by atoms with Gasteiger partial charge in [0.1, 0.15) is 5.75 Å². The van der Waals surface area contributed by atoms with Crippen LogP contribution in [0.15, 0.2) is 18.2 Å². The third-order valence-electron chi connectivity index (χ3n) is 2.21. The first-order valence-corrected chi connectivity index (χ1v) is 4.29. The average Bonchev–Trinajstić information content (AvgIpc) is 2.35. The summed E-state index contributed by atoms with van der Waals surface area (Å²) < 4.78 is 0. The maximum absolute atomic E-state index is 9.42. The maximum atomic E-state index is 9.42. The molecule has 1 unspecified atom stereocenters. The molecular weight excluding hydrogens is 156 g/mol. The lowest BCUT2D eigenvalue weighted by Gasteiger charge is -2.03. The molecule has 0 heterocycles. The molecule has 0 fully saturated rings.